The Morgan fingerprint density at radius 1 is 0.481 bits per heavy atom. The molecular formula is C90H84F3N9O2. The van der Waals surface area contributed by atoms with E-state index in [0.717, 1.165) is 175 Å². The van der Waals surface area contributed by atoms with Crippen LogP contribution in [0.25, 0.3) is 137 Å². The smallest absolute Gasteiger partial charge is 0.249 e. The number of nitrogens with zero attached hydrogens (tertiary/aromatic N) is 8. The first kappa shape index (κ1) is 71.7. The van der Waals surface area contributed by atoms with Gasteiger partial charge in [0.05, 0.1) is 48.9 Å². The Morgan fingerprint density at radius 2 is 0.923 bits per heavy atom. The van der Waals surface area contributed by atoms with E-state index in [9.17, 15) is 23.2 Å². The first-order chi connectivity index (χ1) is 50.7. The van der Waals surface area contributed by atoms with Crippen molar-refractivity contribution < 1.29 is 22.4 Å². The number of oxazole rings is 1. The van der Waals surface area contributed by atoms with Crippen molar-refractivity contribution in [3.63, 3.8) is 0 Å². The van der Waals surface area contributed by atoms with Gasteiger partial charge < -0.3 is 33.0 Å². The van der Waals surface area contributed by atoms with Gasteiger partial charge in [-0.2, -0.15) is 5.26 Å². The van der Waals surface area contributed by atoms with Gasteiger partial charge in [0.25, 0.3) is 0 Å². The number of hydrogen-bond acceptors (Lipinski definition) is 5. The number of nitrogens with two attached hydrogens (primary N) is 1. The number of aromatic nitrogens is 7. The zero-order valence-corrected chi connectivity index (χ0v) is 59.6. The number of allylic oxidation sites excluding steroid dienone is 3. The lowest BCUT2D eigenvalue weighted by atomic mass is 10.0. The number of para-hydroxylation sites is 3. The highest BCUT2D eigenvalue weighted by molar-refractivity contribution is 6.19. The summed E-state index contributed by atoms with van der Waals surface area (Å²) in [7, 11) is 0. The predicted octanol–water partition coefficient (Wildman–Crippen LogP) is 23.0. The Bertz CT molecular complexity index is 5980. The van der Waals surface area contributed by atoms with Crippen LogP contribution >= 0.6 is 0 Å². The van der Waals surface area contributed by atoms with Gasteiger partial charge in [-0.1, -0.05) is 130 Å². The quantitative estimate of drug-likeness (QED) is 0.0855. The van der Waals surface area contributed by atoms with Crippen LogP contribution in [0.4, 0.5) is 13.2 Å². The van der Waals surface area contributed by atoms with Gasteiger partial charge >= 0.3 is 0 Å². The van der Waals surface area contributed by atoms with Crippen LogP contribution < -0.4 is 5.73 Å². The molecular weight excluding hydrogens is 1300 g/mol. The third-order valence-electron chi connectivity index (χ3n) is 19.1. The van der Waals surface area contributed by atoms with E-state index in [-0.39, 0.29) is 25.9 Å². The van der Waals surface area contributed by atoms with Gasteiger partial charge in [0.1, 0.15) is 5.65 Å². The molecule has 2 N–H and O–H groups in total. The van der Waals surface area contributed by atoms with E-state index in [1.807, 2.05) is 106 Å². The lowest BCUT2D eigenvalue weighted by molar-refractivity contribution is 0.100. The van der Waals surface area contributed by atoms with Crippen LogP contribution in [-0.4, -0.2) is 58.7 Å². The maximum absolute atomic E-state index is 12.6. The molecule has 0 unspecified atom stereocenters. The molecule has 11 nitrogen and oxygen atoms in total. The standard InChI is InChI=1S/C19H20N2O.C19H18N2.C18H15FN2O.C17H17FN2.C17H14FN/c1-4-10-21-16-9-8-13(12(2)3)11-15(16)18-14(19(20)22)6-5-7-17(18)21;1-4-10-21-17-9-8-14(13(2)3)11-16(17)19-15(12-20)6-5-7-18(19)21;19-8-3-9-21-16-5-2-1-4-14(16)15-10-13(6-7-17(15)21)18-11-20-12-22-18;1-12(2)13-10-15-14-6-3-4-7-16(14)20(9-5-8-18)17(15)19-11-13;1-2-13-8-9-17-15(12-13)14-6-3-4-7-16(14)19(17)11-5-10-18/h5-9,11H,2,4,10H2,1,3H3,(H2,20,22);5-9,11H,2,4,10H2,1,3H3;1-2,4-7,10-12H,3,8-9H2;3-4,6-7,10-11H,1,5,8-9H2,2H3;1,3-4,6-9,12H,5,10-11H2. The number of carbonyl (C=O) groups excluding carboxylic acids is 1. The van der Waals surface area contributed by atoms with Gasteiger partial charge in [-0.15, -0.1) is 6.42 Å². The van der Waals surface area contributed by atoms with E-state index in [2.05, 4.69) is 182 Å². The molecule has 7 aromatic heterocycles. The van der Waals surface area contributed by atoms with Crippen LogP contribution in [0.2, 0.25) is 0 Å². The number of hydrogen-bond donors (Lipinski definition) is 1. The number of fused-ring (bicyclic) bond motifs is 15. The molecule has 0 saturated carbocycles. The number of rotatable bonds is 18. The average molecular weight is 1380 g/mol. The van der Waals surface area contributed by atoms with E-state index in [1.165, 1.54) is 22.7 Å². The van der Waals surface area contributed by atoms with E-state index in [4.69, 9.17) is 16.6 Å². The average Bonchev–Trinajstić information content (AvgIpc) is 1.63. The predicted molar refractivity (Wildman–Crippen MR) is 428 cm³/mol. The fourth-order valence-electron chi connectivity index (χ4n) is 14.3. The summed E-state index contributed by atoms with van der Waals surface area (Å²) in [6.07, 6.45) is 14.1. The molecule has 7 heterocycles. The fraction of sp³-hybridized carbons (Fsp3) is 0.200. The Kier molecular flexibility index (Phi) is 22.2. The van der Waals surface area contributed by atoms with Crippen LogP contribution in [0, 0.1) is 23.7 Å². The van der Waals surface area contributed by atoms with Crippen LogP contribution in [0.15, 0.2) is 231 Å². The van der Waals surface area contributed by atoms with Crippen molar-refractivity contribution in [3.8, 4) is 29.7 Å². The van der Waals surface area contributed by atoms with Crippen LogP contribution in [0.5, 0.6) is 0 Å². The molecule has 0 saturated heterocycles. The number of aryl methyl sites for hydroxylation is 5. The van der Waals surface area contributed by atoms with Gasteiger partial charge in [-0.05, 0) is 184 Å². The largest absolute Gasteiger partial charge is 0.444 e. The molecule has 1 amide bonds. The first-order valence-electron chi connectivity index (χ1n) is 35.4. The summed E-state index contributed by atoms with van der Waals surface area (Å²) in [5.74, 6) is 3.03. The van der Waals surface area contributed by atoms with Crippen LogP contribution in [0.1, 0.15) is 105 Å². The summed E-state index contributed by atoms with van der Waals surface area (Å²) in [6, 6.07) is 65.7. The van der Waals surface area contributed by atoms with E-state index in [1.54, 1.807) is 12.3 Å². The minimum absolute atomic E-state index is 0.295. The molecule has 9 aromatic carbocycles. The number of halogens is 3. The Labute approximate surface area is 603 Å². The van der Waals surface area contributed by atoms with E-state index >= 15 is 0 Å². The second-order valence-electron chi connectivity index (χ2n) is 26.2. The molecule has 522 valence electrons. The van der Waals surface area contributed by atoms with Crippen molar-refractivity contribution in [1.82, 2.24) is 32.8 Å². The van der Waals surface area contributed by atoms with Gasteiger partial charge in [0, 0.05) is 148 Å². The molecule has 16 rings (SSSR count). The monoisotopic (exact) mass is 1380 g/mol. The highest BCUT2D eigenvalue weighted by atomic mass is 19.1. The molecule has 16 aromatic rings. The zero-order chi connectivity index (χ0) is 73.1. The molecule has 0 spiro atoms. The summed E-state index contributed by atoms with van der Waals surface area (Å²) in [5.41, 5.74) is 26.2. The first-order valence-corrected chi connectivity index (χ1v) is 35.4. The number of nitriles is 1. The lowest BCUT2D eigenvalue weighted by Crippen LogP contribution is -2.11. The zero-order valence-electron chi connectivity index (χ0n) is 59.6. The number of primary amides is 1. The molecule has 0 bridgehead atoms. The highest BCUT2D eigenvalue weighted by Crippen LogP contribution is 2.38. The fourth-order valence-corrected chi connectivity index (χ4v) is 14.3. The number of pyridine rings is 1. The number of benzene rings is 9. The van der Waals surface area contributed by atoms with Crippen molar-refractivity contribution in [2.24, 2.45) is 5.73 Å². The number of terminal acetylenes is 1. The van der Waals surface area contributed by atoms with Gasteiger partial charge in [0.2, 0.25) is 5.91 Å². The second kappa shape index (κ2) is 32.2. The van der Waals surface area contributed by atoms with Crippen molar-refractivity contribution in [3.05, 3.63) is 260 Å². The molecule has 0 aliphatic carbocycles. The normalized spacial score (nSPS) is 11.2. The Balaban J connectivity index is 0.000000122. The van der Waals surface area contributed by atoms with Gasteiger partial charge in [-0.25, -0.2) is 9.97 Å². The van der Waals surface area contributed by atoms with E-state index in [0.29, 0.717) is 44.5 Å². The summed E-state index contributed by atoms with van der Waals surface area (Å²) in [4.78, 5) is 20.4. The maximum atomic E-state index is 12.6. The second-order valence-corrected chi connectivity index (χ2v) is 26.2. The molecule has 0 aliphatic rings. The molecule has 0 radical (unpaired) electrons. The number of amides is 1. The summed E-state index contributed by atoms with van der Waals surface area (Å²) in [5, 5.41) is 20.6. The van der Waals surface area contributed by atoms with Crippen LogP contribution in [0.3, 0.4) is 0 Å². The Hall–Kier alpha value is -12.1. The van der Waals surface area contributed by atoms with Gasteiger partial charge in [0.15, 0.2) is 12.2 Å². The van der Waals surface area contributed by atoms with Gasteiger partial charge in [-0.3, -0.25) is 18.0 Å². The minimum atomic E-state index is -0.387. The third kappa shape index (κ3) is 14.3. The highest BCUT2D eigenvalue weighted by Gasteiger charge is 2.20. The minimum Gasteiger partial charge on any atom is -0.444 e. The Morgan fingerprint density at radius 3 is 1.43 bits per heavy atom. The lowest BCUT2D eigenvalue weighted by Gasteiger charge is -2.06. The number of alkyl halides is 3. The third-order valence-corrected chi connectivity index (χ3v) is 19.1. The molecule has 0 atom stereocenters. The van der Waals surface area contributed by atoms with Crippen molar-refractivity contribution in [2.45, 2.75) is 99.4 Å². The summed E-state index contributed by atoms with van der Waals surface area (Å²) in [6.45, 7) is 25.3. The SMILES string of the molecule is C#Cc1ccc2c(c1)c1ccccc1n2CCCF.C=C(C)c1ccc2c(c1)c1c(C#N)cccc1n2CCC.C=C(C)c1ccc2c(c1)c1c(C(N)=O)cccc1n2CCC.C=C(C)c1cnc2c(c1)c1ccccc1n2CCCF.FCCCn1c2ccccc2c2cc(-c3cnco3)ccc21. The number of carbonyl (C=O) groups is 1. The van der Waals surface area contributed by atoms with Crippen molar-refractivity contribution >= 4 is 132 Å². The van der Waals surface area contributed by atoms with E-state index < -0.39 is 0 Å². The summed E-state index contributed by atoms with van der Waals surface area (Å²) < 4.78 is 54.0. The molecule has 104 heavy (non-hydrogen) atoms. The van der Waals surface area contributed by atoms with Crippen LogP contribution in [-0.2, 0) is 32.7 Å². The van der Waals surface area contributed by atoms with Crippen molar-refractivity contribution in [2.75, 3.05) is 20.0 Å². The molecule has 14 heteroatoms. The molecule has 0 fully saturated rings. The topological polar surface area (TPSA) is 130 Å². The summed E-state index contributed by atoms with van der Waals surface area (Å²) >= 11 is 0. The van der Waals surface area contributed by atoms with Crippen molar-refractivity contribution in [1.29, 1.82) is 5.26 Å². The molecule has 0 aliphatic heterocycles. The maximum Gasteiger partial charge on any atom is 0.249 e.